The summed E-state index contributed by atoms with van der Waals surface area (Å²) in [7, 11) is -3.73. The van der Waals surface area contributed by atoms with Crippen molar-refractivity contribution in [3.8, 4) is 5.75 Å². The van der Waals surface area contributed by atoms with Crippen LogP contribution in [0.1, 0.15) is 21.5 Å². The fourth-order valence-corrected chi connectivity index (χ4v) is 4.32. The highest BCUT2D eigenvalue weighted by molar-refractivity contribution is 7.92. The number of anilines is 1. The topological polar surface area (TPSA) is 108 Å². The minimum Gasteiger partial charge on any atom is -0.507 e. The molecule has 4 aromatic rings. The smallest absolute Gasteiger partial charge is 0.271 e. The summed E-state index contributed by atoms with van der Waals surface area (Å²) >= 11 is 0. The van der Waals surface area contributed by atoms with E-state index in [0.29, 0.717) is 16.8 Å². The Morgan fingerprint density at radius 2 is 1.61 bits per heavy atom. The lowest BCUT2D eigenvalue weighted by atomic mass is 10.0. The molecule has 0 aliphatic rings. The molecule has 0 unspecified atom stereocenters. The molecule has 4 rings (SSSR count). The SMILES string of the molecule is Cc1ccc(S(=O)(=O)Nc2ccc(C(=O)N/N=C\c3c(O)ccc4ccccc34)cc2)cc1. The zero-order valence-corrected chi connectivity index (χ0v) is 18.5. The van der Waals surface area contributed by atoms with Crippen molar-refractivity contribution in [2.45, 2.75) is 11.8 Å². The van der Waals surface area contributed by atoms with Gasteiger partial charge in [-0.3, -0.25) is 9.52 Å². The van der Waals surface area contributed by atoms with Gasteiger partial charge in [0.25, 0.3) is 15.9 Å². The lowest BCUT2D eigenvalue weighted by Gasteiger charge is -2.09. The van der Waals surface area contributed by atoms with Gasteiger partial charge in [0.05, 0.1) is 11.1 Å². The van der Waals surface area contributed by atoms with E-state index in [1.807, 2.05) is 31.2 Å². The molecule has 33 heavy (non-hydrogen) atoms. The number of benzene rings is 4. The third kappa shape index (κ3) is 5.02. The fourth-order valence-electron chi connectivity index (χ4n) is 3.26. The van der Waals surface area contributed by atoms with Gasteiger partial charge in [0.2, 0.25) is 0 Å². The van der Waals surface area contributed by atoms with Gasteiger partial charge in [0.1, 0.15) is 5.75 Å². The van der Waals surface area contributed by atoms with Crippen LogP contribution in [-0.4, -0.2) is 25.6 Å². The number of hydrogen-bond donors (Lipinski definition) is 3. The van der Waals surface area contributed by atoms with Crippen LogP contribution in [0.2, 0.25) is 0 Å². The largest absolute Gasteiger partial charge is 0.507 e. The summed E-state index contributed by atoms with van der Waals surface area (Å²) in [6.45, 7) is 1.88. The third-order valence-corrected chi connectivity index (χ3v) is 6.44. The average molecular weight is 460 g/mol. The Hall–Kier alpha value is -4.17. The summed E-state index contributed by atoms with van der Waals surface area (Å²) < 4.78 is 27.5. The van der Waals surface area contributed by atoms with Crippen molar-refractivity contribution >= 4 is 38.6 Å². The molecule has 4 aromatic carbocycles. The molecule has 0 aromatic heterocycles. The molecule has 0 saturated carbocycles. The first-order valence-corrected chi connectivity index (χ1v) is 11.6. The summed E-state index contributed by atoms with van der Waals surface area (Å²) in [5.41, 5.74) is 4.50. The van der Waals surface area contributed by atoms with Gasteiger partial charge < -0.3 is 5.11 Å². The van der Waals surface area contributed by atoms with E-state index in [9.17, 15) is 18.3 Å². The Labute approximate surface area is 191 Å². The number of nitrogens with one attached hydrogen (secondary N) is 2. The van der Waals surface area contributed by atoms with E-state index in [2.05, 4.69) is 15.2 Å². The van der Waals surface area contributed by atoms with Gasteiger partial charge in [-0.1, -0.05) is 48.0 Å². The molecule has 0 spiro atoms. The van der Waals surface area contributed by atoms with Crippen LogP contribution >= 0.6 is 0 Å². The highest BCUT2D eigenvalue weighted by Gasteiger charge is 2.14. The summed E-state index contributed by atoms with van der Waals surface area (Å²) in [5.74, 6) is -0.421. The van der Waals surface area contributed by atoms with Crippen LogP contribution in [0, 0.1) is 6.92 Å². The molecule has 0 fully saturated rings. The normalized spacial score (nSPS) is 11.5. The van der Waals surface area contributed by atoms with Gasteiger partial charge in [-0.05, 0) is 60.2 Å². The van der Waals surface area contributed by atoms with Crippen LogP contribution in [0.3, 0.4) is 0 Å². The predicted octanol–water partition coefficient (Wildman–Crippen LogP) is 4.42. The van der Waals surface area contributed by atoms with E-state index in [0.717, 1.165) is 16.3 Å². The summed E-state index contributed by atoms with van der Waals surface area (Å²) in [4.78, 5) is 12.6. The monoisotopic (exact) mass is 459 g/mol. The van der Waals surface area contributed by atoms with Crippen LogP contribution < -0.4 is 10.1 Å². The molecule has 7 nitrogen and oxygen atoms in total. The molecule has 0 radical (unpaired) electrons. The lowest BCUT2D eigenvalue weighted by Crippen LogP contribution is -2.18. The second-order valence-electron chi connectivity index (χ2n) is 7.41. The van der Waals surface area contributed by atoms with Crippen molar-refractivity contribution in [3.63, 3.8) is 0 Å². The minimum absolute atomic E-state index is 0.0527. The predicted molar refractivity (Wildman–Crippen MR) is 129 cm³/mol. The van der Waals surface area contributed by atoms with E-state index >= 15 is 0 Å². The second-order valence-corrected chi connectivity index (χ2v) is 9.10. The van der Waals surface area contributed by atoms with Crippen LogP contribution in [0.4, 0.5) is 5.69 Å². The van der Waals surface area contributed by atoms with E-state index in [1.165, 1.54) is 42.6 Å². The minimum atomic E-state index is -3.73. The number of sulfonamides is 1. The number of nitrogens with zero attached hydrogens (tertiary/aromatic N) is 1. The average Bonchev–Trinajstić information content (AvgIpc) is 2.81. The van der Waals surface area contributed by atoms with E-state index in [4.69, 9.17) is 0 Å². The first-order chi connectivity index (χ1) is 15.8. The molecular formula is C25H21N3O4S. The van der Waals surface area contributed by atoms with E-state index < -0.39 is 15.9 Å². The Morgan fingerprint density at radius 1 is 0.909 bits per heavy atom. The van der Waals surface area contributed by atoms with Crippen LogP contribution in [0.25, 0.3) is 10.8 Å². The fraction of sp³-hybridized carbons (Fsp3) is 0.0400. The highest BCUT2D eigenvalue weighted by atomic mass is 32.2. The van der Waals surface area contributed by atoms with Crippen molar-refractivity contribution < 1.29 is 18.3 Å². The zero-order valence-electron chi connectivity index (χ0n) is 17.7. The van der Waals surface area contributed by atoms with Gasteiger partial charge in [-0.25, -0.2) is 13.8 Å². The van der Waals surface area contributed by atoms with Gasteiger partial charge in [-0.2, -0.15) is 5.10 Å². The lowest BCUT2D eigenvalue weighted by molar-refractivity contribution is 0.0955. The van der Waals surface area contributed by atoms with Crippen LogP contribution in [0.5, 0.6) is 5.75 Å². The number of carbonyl (C=O) groups is 1. The highest BCUT2D eigenvalue weighted by Crippen LogP contribution is 2.25. The number of aromatic hydroxyl groups is 1. The quantitative estimate of drug-likeness (QED) is 0.293. The number of hydrazone groups is 1. The first kappa shape index (κ1) is 22.0. The maximum atomic E-state index is 12.5. The van der Waals surface area contributed by atoms with Crippen LogP contribution in [-0.2, 0) is 10.0 Å². The molecule has 0 aliphatic carbocycles. The third-order valence-electron chi connectivity index (χ3n) is 5.04. The number of aryl methyl sites for hydroxylation is 1. The molecule has 3 N–H and O–H groups in total. The number of phenolic OH excluding ortho intramolecular Hbond substituents is 1. The van der Waals surface area contributed by atoms with E-state index in [1.54, 1.807) is 24.3 Å². The molecule has 0 heterocycles. The Balaban J connectivity index is 1.44. The van der Waals surface area contributed by atoms with Gasteiger partial charge in [-0.15, -0.1) is 0 Å². The van der Waals surface area contributed by atoms with Crippen LogP contribution in [0.15, 0.2) is 94.9 Å². The number of carbonyl (C=O) groups excluding carboxylic acids is 1. The van der Waals surface area contributed by atoms with Crippen molar-refractivity contribution in [2.75, 3.05) is 4.72 Å². The Kier molecular flexibility index (Phi) is 6.10. The molecular weight excluding hydrogens is 438 g/mol. The molecule has 0 saturated heterocycles. The summed E-state index contributed by atoms with van der Waals surface area (Å²) in [6.07, 6.45) is 1.39. The molecule has 1 amide bonds. The van der Waals surface area contributed by atoms with Crippen molar-refractivity contribution in [3.05, 3.63) is 102 Å². The Morgan fingerprint density at radius 3 is 2.33 bits per heavy atom. The molecule has 0 aliphatic heterocycles. The first-order valence-electron chi connectivity index (χ1n) is 10.1. The number of phenols is 1. The molecule has 0 bridgehead atoms. The summed E-state index contributed by atoms with van der Waals surface area (Å²) in [6, 6.07) is 23.4. The zero-order chi connectivity index (χ0) is 23.4. The number of fused-ring (bicyclic) bond motifs is 1. The van der Waals surface area contributed by atoms with Gasteiger partial charge in [0.15, 0.2) is 0 Å². The van der Waals surface area contributed by atoms with E-state index in [-0.39, 0.29) is 10.6 Å². The summed E-state index contributed by atoms with van der Waals surface area (Å²) in [5, 5.41) is 15.9. The number of hydrogen-bond acceptors (Lipinski definition) is 5. The van der Waals surface area contributed by atoms with Crippen molar-refractivity contribution in [1.82, 2.24) is 5.43 Å². The maximum absolute atomic E-state index is 12.5. The van der Waals surface area contributed by atoms with Gasteiger partial charge in [0, 0.05) is 16.8 Å². The Bertz CT molecular complexity index is 1450. The molecule has 166 valence electrons. The number of rotatable bonds is 6. The molecule has 0 atom stereocenters. The van der Waals surface area contributed by atoms with Crippen molar-refractivity contribution in [1.29, 1.82) is 0 Å². The maximum Gasteiger partial charge on any atom is 0.271 e. The number of amides is 1. The van der Waals surface area contributed by atoms with Gasteiger partial charge >= 0.3 is 0 Å². The standard InChI is InChI=1S/C25H21N3O4S/c1-17-6-13-21(14-7-17)33(31,32)28-20-11-8-19(9-12-20)25(30)27-26-16-23-22-5-3-2-4-18(22)10-15-24(23)29/h2-16,28-29H,1H3,(H,27,30)/b26-16-. The van der Waals surface area contributed by atoms with Crippen molar-refractivity contribution in [2.24, 2.45) is 5.10 Å². The molecule has 8 heteroatoms. The second kappa shape index (κ2) is 9.13.